The van der Waals surface area contributed by atoms with Gasteiger partial charge in [0, 0.05) is 0 Å². The van der Waals surface area contributed by atoms with E-state index in [4.69, 9.17) is 21.4 Å². The van der Waals surface area contributed by atoms with Crippen molar-refractivity contribution in [3.63, 3.8) is 0 Å². The van der Waals surface area contributed by atoms with Crippen molar-refractivity contribution < 1.29 is 23.8 Å². The van der Waals surface area contributed by atoms with E-state index >= 15 is 0 Å². The first kappa shape index (κ1) is 15.2. The van der Waals surface area contributed by atoms with E-state index in [0.717, 1.165) is 0 Å². The Morgan fingerprint density at radius 3 is 2.53 bits per heavy atom. The summed E-state index contributed by atoms with van der Waals surface area (Å²) in [5, 5.41) is 10.6. The molecule has 8 heteroatoms. The van der Waals surface area contributed by atoms with Gasteiger partial charge in [-0.1, -0.05) is 11.6 Å². The van der Waals surface area contributed by atoms with Gasteiger partial charge in [-0.25, -0.2) is 19.0 Å². The molecule has 0 unspecified atom stereocenters. The molecule has 104 valence electrons. The van der Waals surface area contributed by atoms with Crippen LogP contribution in [0.4, 0.5) is 14.9 Å². The standard InChI is InChI=1S/C11H12ClFN2O4/c1-11(2,3)19-10(18)15-7-6(9(16)17)5(13)4-14-8(7)12/h4H,1-3H3,(H,15,18)(H,16,17). The average Bonchev–Trinajstić information content (AvgIpc) is 2.20. The monoisotopic (exact) mass is 290 g/mol. The third kappa shape index (κ3) is 4.06. The summed E-state index contributed by atoms with van der Waals surface area (Å²) >= 11 is 5.65. The summed E-state index contributed by atoms with van der Waals surface area (Å²) in [7, 11) is 0. The van der Waals surface area contributed by atoms with Crippen LogP contribution in [0.1, 0.15) is 31.1 Å². The van der Waals surface area contributed by atoms with Crippen molar-refractivity contribution in [2.75, 3.05) is 5.32 Å². The summed E-state index contributed by atoms with van der Waals surface area (Å²) in [5.41, 5.74) is -2.00. The van der Waals surface area contributed by atoms with Crippen LogP contribution in [0.2, 0.25) is 5.15 Å². The predicted molar refractivity (Wildman–Crippen MR) is 66.0 cm³/mol. The van der Waals surface area contributed by atoms with E-state index in [1.807, 2.05) is 0 Å². The lowest BCUT2D eigenvalue weighted by Gasteiger charge is -2.20. The van der Waals surface area contributed by atoms with E-state index in [2.05, 4.69) is 10.3 Å². The molecule has 1 heterocycles. The Bertz CT molecular complexity index is 528. The fraction of sp³-hybridized carbons (Fsp3) is 0.364. The minimum atomic E-state index is -1.58. The van der Waals surface area contributed by atoms with Gasteiger partial charge in [-0.05, 0) is 20.8 Å². The van der Waals surface area contributed by atoms with Gasteiger partial charge in [-0.3, -0.25) is 5.32 Å². The summed E-state index contributed by atoms with van der Waals surface area (Å²) in [6, 6.07) is 0. The van der Waals surface area contributed by atoms with Crippen molar-refractivity contribution >= 4 is 29.4 Å². The first-order valence-corrected chi connectivity index (χ1v) is 5.57. The first-order chi connectivity index (χ1) is 8.61. The maximum atomic E-state index is 13.4. The Balaban J connectivity index is 3.10. The molecular formula is C11H12ClFN2O4. The molecule has 19 heavy (non-hydrogen) atoms. The second-order valence-corrected chi connectivity index (χ2v) is 4.94. The number of nitrogens with one attached hydrogen (secondary N) is 1. The summed E-state index contributed by atoms with van der Waals surface area (Å²) in [4.78, 5) is 25.9. The highest BCUT2D eigenvalue weighted by molar-refractivity contribution is 6.33. The lowest BCUT2D eigenvalue weighted by atomic mass is 10.2. The number of aromatic carboxylic acids is 1. The molecule has 0 saturated heterocycles. The van der Waals surface area contributed by atoms with Crippen molar-refractivity contribution in [2.24, 2.45) is 0 Å². The predicted octanol–water partition coefficient (Wildman–Crippen LogP) is 2.92. The van der Waals surface area contributed by atoms with Crippen LogP contribution in [-0.2, 0) is 4.74 Å². The number of hydrogen-bond donors (Lipinski definition) is 2. The van der Waals surface area contributed by atoms with Gasteiger partial charge in [0.25, 0.3) is 0 Å². The van der Waals surface area contributed by atoms with Crippen LogP contribution in [0, 0.1) is 5.82 Å². The quantitative estimate of drug-likeness (QED) is 0.818. The molecule has 0 aromatic carbocycles. The number of aromatic nitrogens is 1. The van der Waals surface area contributed by atoms with Crippen LogP contribution in [0.5, 0.6) is 0 Å². The minimum Gasteiger partial charge on any atom is -0.478 e. The largest absolute Gasteiger partial charge is 0.478 e. The van der Waals surface area contributed by atoms with E-state index < -0.39 is 34.7 Å². The first-order valence-electron chi connectivity index (χ1n) is 5.19. The molecule has 1 aromatic heterocycles. The Morgan fingerprint density at radius 1 is 1.47 bits per heavy atom. The number of rotatable bonds is 2. The number of nitrogens with zero attached hydrogens (tertiary/aromatic N) is 1. The number of ether oxygens (including phenoxy) is 1. The molecule has 0 saturated carbocycles. The summed E-state index contributed by atoms with van der Waals surface area (Å²) < 4.78 is 18.3. The maximum Gasteiger partial charge on any atom is 0.412 e. The van der Waals surface area contributed by atoms with Gasteiger partial charge in [0.15, 0.2) is 11.0 Å². The number of carbonyl (C=O) groups excluding carboxylic acids is 1. The van der Waals surface area contributed by atoms with E-state index in [9.17, 15) is 14.0 Å². The molecule has 1 aromatic rings. The van der Waals surface area contributed by atoms with Crippen molar-refractivity contribution in [2.45, 2.75) is 26.4 Å². The topological polar surface area (TPSA) is 88.5 Å². The molecule has 2 N–H and O–H groups in total. The molecular weight excluding hydrogens is 279 g/mol. The van der Waals surface area contributed by atoms with Crippen molar-refractivity contribution in [1.82, 2.24) is 4.98 Å². The molecule has 1 rings (SSSR count). The zero-order chi connectivity index (χ0) is 14.8. The lowest BCUT2D eigenvalue weighted by molar-refractivity contribution is 0.0636. The molecule has 0 radical (unpaired) electrons. The molecule has 0 bridgehead atoms. The molecule has 0 spiro atoms. The fourth-order valence-electron chi connectivity index (χ4n) is 1.19. The second-order valence-electron chi connectivity index (χ2n) is 4.58. The molecule has 0 fully saturated rings. The van der Waals surface area contributed by atoms with Crippen molar-refractivity contribution in [3.8, 4) is 0 Å². The van der Waals surface area contributed by atoms with Crippen molar-refractivity contribution in [1.29, 1.82) is 0 Å². The van der Waals surface area contributed by atoms with Crippen LogP contribution in [0.25, 0.3) is 0 Å². The molecule has 6 nitrogen and oxygen atoms in total. The van der Waals surface area contributed by atoms with Crippen LogP contribution in [-0.4, -0.2) is 27.8 Å². The van der Waals surface area contributed by atoms with E-state index in [1.165, 1.54) is 0 Å². The normalized spacial score (nSPS) is 11.0. The van der Waals surface area contributed by atoms with Crippen molar-refractivity contribution in [3.05, 3.63) is 22.7 Å². The summed E-state index contributed by atoms with van der Waals surface area (Å²) in [5.74, 6) is -2.68. The molecule has 0 aliphatic heterocycles. The zero-order valence-corrected chi connectivity index (χ0v) is 11.2. The van der Waals surface area contributed by atoms with E-state index in [0.29, 0.717) is 6.20 Å². The summed E-state index contributed by atoms with van der Waals surface area (Å²) in [6.07, 6.45) is -0.296. The van der Waals surface area contributed by atoms with Gasteiger partial charge in [0.2, 0.25) is 0 Å². The van der Waals surface area contributed by atoms with Crippen LogP contribution >= 0.6 is 11.6 Å². The smallest absolute Gasteiger partial charge is 0.412 e. The number of halogens is 2. The number of carbonyl (C=O) groups is 2. The van der Waals surface area contributed by atoms with Gasteiger partial charge in [-0.15, -0.1) is 0 Å². The highest BCUT2D eigenvalue weighted by Crippen LogP contribution is 2.26. The minimum absolute atomic E-state index is 0.343. The lowest BCUT2D eigenvalue weighted by Crippen LogP contribution is -2.28. The zero-order valence-electron chi connectivity index (χ0n) is 10.5. The number of pyridine rings is 1. The Kier molecular flexibility index (Phi) is 4.31. The van der Waals surface area contributed by atoms with Gasteiger partial charge in [-0.2, -0.15) is 0 Å². The number of anilines is 1. The molecule has 0 aliphatic carbocycles. The maximum absolute atomic E-state index is 13.4. The van der Waals surface area contributed by atoms with Gasteiger partial charge in [0.1, 0.15) is 11.2 Å². The number of carboxylic acids is 1. The summed E-state index contributed by atoms with van der Waals surface area (Å²) in [6.45, 7) is 4.86. The Morgan fingerprint density at radius 2 is 2.05 bits per heavy atom. The van der Waals surface area contributed by atoms with Gasteiger partial charge in [0.05, 0.1) is 11.9 Å². The number of amides is 1. The van der Waals surface area contributed by atoms with E-state index in [-0.39, 0.29) is 5.15 Å². The van der Waals surface area contributed by atoms with Gasteiger partial charge >= 0.3 is 12.1 Å². The number of carboxylic acid groups (broad SMARTS) is 1. The van der Waals surface area contributed by atoms with Crippen LogP contribution < -0.4 is 5.32 Å². The van der Waals surface area contributed by atoms with Crippen LogP contribution in [0.3, 0.4) is 0 Å². The third-order valence-electron chi connectivity index (χ3n) is 1.83. The molecule has 0 atom stereocenters. The van der Waals surface area contributed by atoms with Gasteiger partial charge < -0.3 is 9.84 Å². The molecule has 1 amide bonds. The highest BCUT2D eigenvalue weighted by Gasteiger charge is 2.24. The van der Waals surface area contributed by atoms with E-state index in [1.54, 1.807) is 20.8 Å². The number of hydrogen-bond acceptors (Lipinski definition) is 4. The highest BCUT2D eigenvalue weighted by atomic mass is 35.5. The third-order valence-corrected chi connectivity index (χ3v) is 2.11. The average molecular weight is 291 g/mol. The Labute approximate surface area is 113 Å². The molecule has 0 aliphatic rings. The second kappa shape index (κ2) is 5.40. The fourth-order valence-corrected chi connectivity index (χ4v) is 1.38. The Hall–Kier alpha value is -1.89. The van der Waals surface area contributed by atoms with Crippen LogP contribution in [0.15, 0.2) is 6.20 Å². The SMILES string of the molecule is CC(C)(C)OC(=O)Nc1c(Cl)ncc(F)c1C(=O)O.